The maximum atomic E-state index is 14.1. The van der Waals surface area contributed by atoms with Crippen molar-refractivity contribution in [2.45, 2.75) is 26.3 Å². The Morgan fingerprint density at radius 3 is 2.48 bits per heavy atom. The van der Waals surface area contributed by atoms with Gasteiger partial charge < -0.3 is 10.3 Å². The Bertz CT molecular complexity index is 1130. The molecule has 0 saturated carbocycles. The van der Waals surface area contributed by atoms with Crippen molar-refractivity contribution in [3.8, 4) is 0 Å². The highest BCUT2D eigenvalue weighted by Crippen LogP contribution is 2.23. The predicted octanol–water partition coefficient (Wildman–Crippen LogP) is 5.03. The Balaban J connectivity index is 1.70. The van der Waals surface area contributed by atoms with E-state index in [9.17, 15) is 9.18 Å². The maximum Gasteiger partial charge on any atom is 0.254 e. The molecule has 0 bridgehead atoms. The average molecular weight is 387 g/mol. The molecule has 2 N–H and O–H groups in total. The third-order valence-electron chi connectivity index (χ3n) is 5.15. The first-order valence-corrected chi connectivity index (χ1v) is 9.57. The molecule has 0 fully saturated rings. The highest BCUT2D eigenvalue weighted by molar-refractivity contribution is 5.94. The molecule has 0 aliphatic heterocycles. The van der Waals surface area contributed by atoms with Crippen molar-refractivity contribution >= 4 is 16.9 Å². The van der Waals surface area contributed by atoms with E-state index in [1.54, 1.807) is 12.1 Å². The number of halogens is 1. The first-order chi connectivity index (χ1) is 14.0. The third kappa shape index (κ3) is 4.04. The van der Waals surface area contributed by atoms with Crippen LogP contribution < -0.4 is 5.32 Å². The average Bonchev–Trinajstić information content (AvgIpc) is 3.11. The zero-order valence-electron chi connectivity index (χ0n) is 16.4. The molecule has 1 aromatic heterocycles. The van der Waals surface area contributed by atoms with Crippen LogP contribution in [-0.2, 0) is 6.42 Å². The van der Waals surface area contributed by atoms with Gasteiger partial charge in [0.05, 0.1) is 22.6 Å². The zero-order chi connectivity index (χ0) is 20.4. The summed E-state index contributed by atoms with van der Waals surface area (Å²) < 4.78 is 14.1. The monoisotopic (exact) mass is 387 g/mol. The van der Waals surface area contributed by atoms with E-state index in [2.05, 4.69) is 23.3 Å². The quantitative estimate of drug-likeness (QED) is 0.504. The van der Waals surface area contributed by atoms with Crippen LogP contribution in [0.5, 0.6) is 0 Å². The summed E-state index contributed by atoms with van der Waals surface area (Å²) in [6.07, 6.45) is 0.540. The molecule has 1 atom stereocenters. The van der Waals surface area contributed by atoms with Crippen LogP contribution in [0.2, 0.25) is 0 Å². The van der Waals surface area contributed by atoms with Gasteiger partial charge in [0, 0.05) is 0 Å². The number of H-pyrrole nitrogens is 1. The summed E-state index contributed by atoms with van der Waals surface area (Å²) in [6, 6.07) is 19.5. The van der Waals surface area contributed by atoms with Crippen molar-refractivity contribution in [2.24, 2.45) is 0 Å². The maximum absolute atomic E-state index is 14.1. The van der Waals surface area contributed by atoms with Crippen LogP contribution in [0.15, 0.2) is 66.7 Å². The summed E-state index contributed by atoms with van der Waals surface area (Å²) in [6.45, 7) is 4.10. The minimum absolute atomic E-state index is 0.0216. The van der Waals surface area contributed by atoms with Crippen molar-refractivity contribution in [3.05, 3.63) is 101 Å². The molecule has 0 unspecified atom stereocenters. The fourth-order valence-electron chi connectivity index (χ4n) is 3.40. The molecule has 29 heavy (non-hydrogen) atoms. The number of aromatic amines is 1. The molecule has 4 rings (SSSR count). The molecule has 1 amide bonds. The van der Waals surface area contributed by atoms with Crippen LogP contribution in [0.3, 0.4) is 0 Å². The van der Waals surface area contributed by atoms with Gasteiger partial charge in [0.1, 0.15) is 11.6 Å². The van der Waals surface area contributed by atoms with Gasteiger partial charge in [-0.05, 0) is 61.2 Å². The third-order valence-corrected chi connectivity index (χ3v) is 5.15. The number of fused-ring (bicyclic) bond motifs is 1. The van der Waals surface area contributed by atoms with Crippen LogP contribution in [-0.4, -0.2) is 15.9 Å². The Hall–Kier alpha value is -3.47. The van der Waals surface area contributed by atoms with Crippen LogP contribution in [0.1, 0.15) is 38.9 Å². The topological polar surface area (TPSA) is 57.8 Å². The second-order valence-electron chi connectivity index (χ2n) is 7.27. The lowest BCUT2D eigenvalue weighted by Crippen LogP contribution is -2.31. The second kappa shape index (κ2) is 7.87. The van der Waals surface area contributed by atoms with Crippen LogP contribution in [0, 0.1) is 19.7 Å². The minimum atomic E-state index is -0.542. The van der Waals surface area contributed by atoms with Gasteiger partial charge in [-0.2, -0.15) is 0 Å². The number of aryl methyl sites for hydroxylation is 2. The number of carbonyl (C=O) groups is 1. The number of rotatable bonds is 5. The zero-order valence-corrected chi connectivity index (χ0v) is 16.4. The van der Waals surface area contributed by atoms with Gasteiger partial charge in [-0.15, -0.1) is 0 Å². The second-order valence-corrected chi connectivity index (χ2v) is 7.27. The van der Waals surface area contributed by atoms with Gasteiger partial charge >= 0.3 is 0 Å². The smallest absolute Gasteiger partial charge is 0.254 e. The first kappa shape index (κ1) is 18.9. The Morgan fingerprint density at radius 2 is 1.72 bits per heavy atom. The number of amides is 1. The van der Waals surface area contributed by atoms with E-state index in [0.29, 0.717) is 12.2 Å². The van der Waals surface area contributed by atoms with Crippen molar-refractivity contribution in [1.82, 2.24) is 15.3 Å². The standard InChI is InChI=1S/C24H22FN3O/c1-15-12-20-21(13-16(15)2)27-23(26-20)22(14-17-8-4-3-5-9-17)28-24(29)18-10-6-7-11-19(18)25/h3-13,22H,14H2,1-2H3,(H,26,27)(H,28,29)/t22-/m1/s1. The molecule has 0 aliphatic carbocycles. The van der Waals surface area contributed by atoms with Crippen LogP contribution in [0.4, 0.5) is 4.39 Å². The largest absolute Gasteiger partial charge is 0.342 e. The molecule has 1 heterocycles. The van der Waals surface area contributed by atoms with E-state index in [-0.39, 0.29) is 5.56 Å². The molecule has 4 nitrogen and oxygen atoms in total. The number of nitrogens with one attached hydrogen (secondary N) is 2. The van der Waals surface area contributed by atoms with Gasteiger partial charge in [-0.1, -0.05) is 42.5 Å². The lowest BCUT2D eigenvalue weighted by atomic mass is 10.0. The summed E-state index contributed by atoms with van der Waals surface area (Å²) in [5.41, 5.74) is 5.17. The van der Waals surface area contributed by atoms with E-state index in [0.717, 1.165) is 22.2 Å². The molecule has 4 aromatic rings. The van der Waals surface area contributed by atoms with E-state index in [1.807, 2.05) is 43.3 Å². The minimum Gasteiger partial charge on any atom is -0.342 e. The lowest BCUT2D eigenvalue weighted by molar-refractivity contribution is 0.0931. The van der Waals surface area contributed by atoms with Gasteiger partial charge in [-0.25, -0.2) is 9.37 Å². The van der Waals surface area contributed by atoms with Crippen molar-refractivity contribution in [2.75, 3.05) is 0 Å². The normalized spacial score (nSPS) is 12.1. The highest BCUT2D eigenvalue weighted by atomic mass is 19.1. The van der Waals surface area contributed by atoms with Gasteiger partial charge in [0.15, 0.2) is 0 Å². The summed E-state index contributed by atoms with van der Waals surface area (Å²) in [7, 11) is 0. The van der Waals surface area contributed by atoms with Crippen LogP contribution >= 0.6 is 0 Å². The Kier molecular flexibility index (Phi) is 5.12. The van der Waals surface area contributed by atoms with Crippen molar-refractivity contribution in [1.29, 1.82) is 0 Å². The molecule has 0 radical (unpaired) electrons. The summed E-state index contributed by atoms with van der Waals surface area (Å²) in [5, 5.41) is 2.96. The van der Waals surface area contributed by atoms with E-state index < -0.39 is 17.8 Å². The molecule has 0 aliphatic rings. The fraction of sp³-hybridized carbons (Fsp3) is 0.167. The Labute approximate surface area is 168 Å². The molecular weight excluding hydrogens is 365 g/mol. The number of benzene rings is 3. The highest BCUT2D eigenvalue weighted by Gasteiger charge is 2.21. The Morgan fingerprint density at radius 1 is 1.03 bits per heavy atom. The van der Waals surface area contributed by atoms with Gasteiger partial charge in [0.25, 0.3) is 5.91 Å². The van der Waals surface area contributed by atoms with Crippen molar-refractivity contribution < 1.29 is 9.18 Å². The predicted molar refractivity (Wildman–Crippen MR) is 112 cm³/mol. The number of nitrogens with zero attached hydrogens (tertiary/aromatic N) is 1. The molecule has 5 heteroatoms. The molecule has 0 spiro atoms. The van der Waals surface area contributed by atoms with Crippen molar-refractivity contribution in [3.63, 3.8) is 0 Å². The summed E-state index contributed by atoms with van der Waals surface area (Å²) in [4.78, 5) is 20.8. The molecular formula is C24H22FN3O. The molecule has 3 aromatic carbocycles. The van der Waals surface area contributed by atoms with E-state index in [4.69, 9.17) is 4.98 Å². The van der Waals surface area contributed by atoms with Gasteiger partial charge in [-0.3, -0.25) is 4.79 Å². The number of imidazole rings is 1. The van der Waals surface area contributed by atoms with Gasteiger partial charge in [0.2, 0.25) is 0 Å². The number of carbonyl (C=O) groups excluding carboxylic acids is 1. The lowest BCUT2D eigenvalue weighted by Gasteiger charge is -2.17. The summed E-state index contributed by atoms with van der Waals surface area (Å²) in [5.74, 6) is -0.352. The van der Waals surface area contributed by atoms with E-state index in [1.165, 1.54) is 17.7 Å². The first-order valence-electron chi connectivity index (χ1n) is 9.57. The summed E-state index contributed by atoms with van der Waals surface area (Å²) >= 11 is 0. The fourth-order valence-corrected chi connectivity index (χ4v) is 3.40. The number of aromatic nitrogens is 2. The number of hydrogen-bond donors (Lipinski definition) is 2. The van der Waals surface area contributed by atoms with Crippen LogP contribution in [0.25, 0.3) is 11.0 Å². The van der Waals surface area contributed by atoms with E-state index >= 15 is 0 Å². The number of hydrogen-bond acceptors (Lipinski definition) is 2. The molecule has 146 valence electrons. The molecule has 0 saturated heterocycles. The SMILES string of the molecule is Cc1cc2nc([C@@H](Cc3ccccc3)NC(=O)c3ccccc3F)[nH]c2cc1C.